The van der Waals surface area contributed by atoms with E-state index in [1.54, 1.807) is 14.1 Å². The molecule has 7 nitrogen and oxygen atoms in total. The zero-order chi connectivity index (χ0) is 17.9. The fraction of sp³-hybridized carbons (Fsp3) is 0.562. The Balaban J connectivity index is 2.40. The van der Waals surface area contributed by atoms with Gasteiger partial charge in [0.15, 0.2) is 0 Å². The van der Waals surface area contributed by atoms with Crippen LogP contribution in [0.1, 0.15) is 23.2 Å². The van der Waals surface area contributed by atoms with Crippen molar-refractivity contribution >= 4 is 15.9 Å². The molecule has 0 spiro atoms. The summed E-state index contributed by atoms with van der Waals surface area (Å²) in [5, 5.41) is 3.13. The molecule has 0 aromatic heterocycles. The lowest BCUT2D eigenvalue weighted by Gasteiger charge is -2.31. The number of hydrogen-bond donors (Lipinski definition) is 1. The van der Waals surface area contributed by atoms with Gasteiger partial charge >= 0.3 is 0 Å². The Labute approximate surface area is 143 Å². The molecule has 1 unspecified atom stereocenters. The van der Waals surface area contributed by atoms with Crippen LogP contribution in [0.4, 0.5) is 0 Å². The third-order valence-corrected chi connectivity index (χ3v) is 6.10. The summed E-state index contributed by atoms with van der Waals surface area (Å²) in [5.74, 6) is 0.0649. The number of sulfonamides is 1. The van der Waals surface area contributed by atoms with Crippen molar-refractivity contribution in [3.63, 3.8) is 0 Å². The predicted molar refractivity (Wildman–Crippen MR) is 91.9 cm³/mol. The number of rotatable bonds is 5. The van der Waals surface area contributed by atoms with Crippen LogP contribution in [0.3, 0.4) is 0 Å². The van der Waals surface area contributed by atoms with Crippen LogP contribution in [0.2, 0.25) is 0 Å². The normalized spacial score (nSPS) is 19.1. The van der Waals surface area contributed by atoms with Gasteiger partial charge in [-0.05, 0) is 38.1 Å². The Kier molecular flexibility index (Phi) is 5.84. The molecule has 1 amide bonds. The van der Waals surface area contributed by atoms with Crippen LogP contribution < -0.4 is 10.1 Å². The molecule has 1 aromatic carbocycles. The topological polar surface area (TPSA) is 79.0 Å². The lowest BCUT2D eigenvalue weighted by atomic mass is 10.1. The molecule has 1 aromatic rings. The van der Waals surface area contributed by atoms with Crippen LogP contribution in [-0.2, 0) is 10.0 Å². The van der Waals surface area contributed by atoms with Gasteiger partial charge in [-0.3, -0.25) is 4.79 Å². The number of nitrogens with one attached hydrogen (secondary N) is 1. The van der Waals surface area contributed by atoms with Crippen LogP contribution in [0.25, 0.3) is 0 Å². The zero-order valence-electron chi connectivity index (χ0n) is 14.6. The third kappa shape index (κ3) is 3.71. The van der Waals surface area contributed by atoms with Crippen molar-refractivity contribution in [1.82, 2.24) is 14.5 Å². The van der Waals surface area contributed by atoms with Crippen LogP contribution >= 0.6 is 0 Å². The van der Waals surface area contributed by atoms with E-state index in [0.29, 0.717) is 18.8 Å². The average Bonchev–Trinajstić information content (AvgIpc) is 2.60. The summed E-state index contributed by atoms with van der Waals surface area (Å²) in [6.45, 7) is 0.922. The molecule has 134 valence electrons. The van der Waals surface area contributed by atoms with Gasteiger partial charge in [0.05, 0.1) is 17.6 Å². The molecule has 1 heterocycles. The Morgan fingerprint density at radius 1 is 1.38 bits per heavy atom. The summed E-state index contributed by atoms with van der Waals surface area (Å²) in [7, 11) is 2.88. The monoisotopic (exact) mass is 355 g/mol. The Morgan fingerprint density at radius 2 is 2.08 bits per heavy atom. The minimum Gasteiger partial charge on any atom is -0.496 e. The van der Waals surface area contributed by atoms with Gasteiger partial charge in [-0.25, -0.2) is 8.42 Å². The molecule has 1 saturated heterocycles. The molecule has 1 aliphatic rings. The van der Waals surface area contributed by atoms with Crippen molar-refractivity contribution in [3.05, 3.63) is 23.8 Å². The maximum Gasteiger partial charge on any atom is 0.257 e. The third-order valence-electron chi connectivity index (χ3n) is 4.24. The number of carbonyl (C=O) groups is 1. The number of carbonyl (C=O) groups excluding carboxylic acids is 1. The van der Waals surface area contributed by atoms with Crippen LogP contribution in [-0.4, -0.2) is 70.9 Å². The van der Waals surface area contributed by atoms with Crippen LogP contribution in [0.5, 0.6) is 5.75 Å². The van der Waals surface area contributed by atoms with Gasteiger partial charge in [-0.1, -0.05) is 0 Å². The van der Waals surface area contributed by atoms with Gasteiger partial charge in [0.2, 0.25) is 10.0 Å². The summed E-state index contributed by atoms with van der Waals surface area (Å²) in [4.78, 5) is 13.8. The lowest BCUT2D eigenvalue weighted by Crippen LogP contribution is -2.46. The second-order valence-corrected chi connectivity index (χ2v) is 7.99. The summed E-state index contributed by atoms with van der Waals surface area (Å²) in [6.07, 6.45) is 1.76. The molecular formula is C16H25N3O4S. The molecule has 0 saturated carbocycles. The maximum absolute atomic E-state index is 12.9. The number of ether oxygens (including phenoxy) is 1. The van der Waals surface area contributed by atoms with Crippen molar-refractivity contribution in [2.24, 2.45) is 0 Å². The first-order chi connectivity index (χ1) is 11.3. The molecule has 2 rings (SSSR count). The quantitative estimate of drug-likeness (QED) is 0.844. The van der Waals surface area contributed by atoms with Gasteiger partial charge in [0.1, 0.15) is 5.75 Å². The van der Waals surface area contributed by atoms with Crippen LogP contribution in [0.15, 0.2) is 23.1 Å². The van der Waals surface area contributed by atoms with E-state index in [-0.39, 0.29) is 22.4 Å². The van der Waals surface area contributed by atoms with Gasteiger partial charge in [0.25, 0.3) is 5.91 Å². The van der Waals surface area contributed by atoms with Crippen molar-refractivity contribution in [3.8, 4) is 5.75 Å². The molecule has 1 N–H and O–H groups in total. The number of nitrogens with zero attached hydrogens (tertiary/aromatic N) is 2. The first-order valence-corrected chi connectivity index (χ1v) is 9.32. The molecule has 1 fully saturated rings. The lowest BCUT2D eigenvalue weighted by molar-refractivity contribution is 0.0824. The molecule has 8 heteroatoms. The number of likely N-dealkylation sites (N-methyl/N-ethyl adjacent to an activating group) is 1. The number of amides is 1. The smallest absolute Gasteiger partial charge is 0.257 e. The SMILES string of the molecule is CNC1CCCN(S(=O)(=O)c2ccc(OC)c(C(=O)N(C)C)c2)C1. The first kappa shape index (κ1) is 18.7. The number of methoxy groups -OCH3 is 1. The van der Waals surface area contributed by atoms with E-state index in [1.165, 1.54) is 34.5 Å². The molecule has 0 bridgehead atoms. The highest BCUT2D eigenvalue weighted by Crippen LogP contribution is 2.27. The number of benzene rings is 1. The number of hydrogen-bond acceptors (Lipinski definition) is 5. The van der Waals surface area contributed by atoms with E-state index in [0.717, 1.165) is 12.8 Å². The Hall–Kier alpha value is -1.64. The summed E-state index contributed by atoms with van der Waals surface area (Å²) < 4.78 is 32.5. The van der Waals surface area contributed by atoms with Crippen molar-refractivity contribution < 1.29 is 17.9 Å². The second kappa shape index (κ2) is 7.50. The Morgan fingerprint density at radius 3 is 2.67 bits per heavy atom. The van der Waals surface area contributed by atoms with Crippen LogP contribution in [0, 0.1) is 0 Å². The minimum absolute atomic E-state index is 0.116. The molecule has 24 heavy (non-hydrogen) atoms. The van der Waals surface area contributed by atoms with E-state index in [9.17, 15) is 13.2 Å². The second-order valence-electron chi connectivity index (χ2n) is 6.05. The maximum atomic E-state index is 12.9. The van der Waals surface area contributed by atoms with E-state index in [2.05, 4.69) is 5.32 Å². The Bertz CT molecular complexity index is 703. The minimum atomic E-state index is -3.64. The van der Waals surface area contributed by atoms with Gasteiger partial charge in [-0.2, -0.15) is 4.31 Å². The van der Waals surface area contributed by atoms with E-state index >= 15 is 0 Å². The van der Waals surface area contributed by atoms with E-state index in [4.69, 9.17) is 4.74 Å². The summed E-state index contributed by atoms with van der Waals surface area (Å²) >= 11 is 0. The average molecular weight is 355 g/mol. The molecule has 0 radical (unpaired) electrons. The summed E-state index contributed by atoms with van der Waals surface area (Å²) in [5.41, 5.74) is 0.241. The van der Waals surface area contributed by atoms with Crippen molar-refractivity contribution in [1.29, 1.82) is 0 Å². The first-order valence-electron chi connectivity index (χ1n) is 7.88. The van der Waals surface area contributed by atoms with Gasteiger partial charge in [-0.15, -0.1) is 0 Å². The van der Waals surface area contributed by atoms with Crippen molar-refractivity contribution in [2.45, 2.75) is 23.8 Å². The van der Waals surface area contributed by atoms with E-state index < -0.39 is 10.0 Å². The largest absolute Gasteiger partial charge is 0.496 e. The molecule has 1 atom stereocenters. The standard InChI is InChI=1S/C16H25N3O4S/c1-17-12-6-5-9-19(11-12)24(21,22)13-7-8-15(23-4)14(10-13)16(20)18(2)3/h7-8,10,12,17H,5-6,9,11H2,1-4H3. The molecule has 0 aliphatic carbocycles. The fourth-order valence-electron chi connectivity index (χ4n) is 2.80. The highest BCUT2D eigenvalue weighted by molar-refractivity contribution is 7.89. The highest BCUT2D eigenvalue weighted by Gasteiger charge is 2.30. The fourth-order valence-corrected chi connectivity index (χ4v) is 4.35. The number of piperidine rings is 1. The van der Waals surface area contributed by atoms with Gasteiger partial charge in [0, 0.05) is 33.2 Å². The summed E-state index contributed by atoms with van der Waals surface area (Å²) in [6, 6.07) is 4.57. The van der Waals surface area contributed by atoms with Crippen molar-refractivity contribution in [2.75, 3.05) is 41.3 Å². The van der Waals surface area contributed by atoms with Gasteiger partial charge < -0.3 is 15.0 Å². The zero-order valence-corrected chi connectivity index (χ0v) is 15.4. The highest BCUT2D eigenvalue weighted by atomic mass is 32.2. The molecular weight excluding hydrogens is 330 g/mol. The molecule has 1 aliphatic heterocycles. The predicted octanol–water partition coefficient (Wildman–Crippen LogP) is 0.770. The van der Waals surface area contributed by atoms with E-state index in [1.807, 2.05) is 7.05 Å².